The lowest BCUT2D eigenvalue weighted by Gasteiger charge is -2.21. The van der Waals surface area contributed by atoms with Crippen LogP contribution in [0.2, 0.25) is 0 Å². The summed E-state index contributed by atoms with van der Waals surface area (Å²) in [5.74, 6) is 0.999. The maximum atomic E-state index is 4.13. The average Bonchev–Trinajstić information content (AvgIpc) is 2.32. The molecule has 90 valence electrons. The van der Waals surface area contributed by atoms with E-state index in [0.717, 1.165) is 5.70 Å². The third kappa shape index (κ3) is 4.03. The van der Waals surface area contributed by atoms with Crippen molar-refractivity contribution in [1.82, 2.24) is 0 Å². The average molecular weight is 227 g/mol. The third-order valence-electron chi connectivity index (χ3n) is 2.89. The molecule has 0 aromatic heterocycles. The highest BCUT2D eigenvalue weighted by Gasteiger charge is 2.15. The van der Waals surface area contributed by atoms with Gasteiger partial charge in [-0.1, -0.05) is 50.0 Å². The predicted octanol–water partition coefficient (Wildman–Crippen LogP) is 4.47. The van der Waals surface area contributed by atoms with E-state index >= 15 is 0 Å². The van der Waals surface area contributed by atoms with Crippen LogP contribution in [-0.4, -0.2) is 6.21 Å². The van der Waals surface area contributed by atoms with Crippen LogP contribution < -0.4 is 0 Å². The van der Waals surface area contributed by atoms with E-state index in [1.54, 1.807) is 6.21 Å². The van der Waals surface area contributed by atoms with E-state index in [0.29, 0.717) is 11.8 Å². The second kappa shape index (κ2) is 6.85. The van der Waals surface area contributed by atoms with E-state index in [1.165, 1.54) is 5.57 Å². The SMILES string of the molecule is C=C(/C=C\C(=C/C)C1C=CC=CC1C)N=CC. The van der Waals surface area contributed by atoms with Crippen LogP contribution in [0.3, 0.4) is 0 Å². The van der Waals surface area contributed by atoms with Crippen molar-refractivity contribution in [2.45, 2.75) is 20.8 Å². The van der Waals surface area contributed by atoms with Gasteiger partial charge in [-0.2, -0.15) is 0 Å². The first-order valence-electron chi connectivity index (χ1n) is 6.06. The van der Waals surface area contributed by atoms with Crippen molar-refractivity contribution >= 4 is 6.21 Å². The lowest BCUT2D eigenvalue weighted by molar-refractivity contribution is 0.585. The summed E-state index contributed by atoms with van der Waals surface area (Å²) in [6, 6.07) is 0. The van der Waals surface area contributed by atoms with Crippen LogP contribution in [0.5, 0.6) is 0 Å². The number of nitrogens with zero attached hydrogens (tertiary/aromatic N) is 1. The predicted molar refractivity (Wildman–Crippen MR) is 77.1 cm³/mol. The minimum atomic E-state index is 0.458. The van der Waals surface area contributed by atoms with E-state index in [9.17, 15) is 0 Å². The number of allylic oxidation sites excluding steroid dienone is 8. The van der Waals surface area contributed by atoms with E-state index in [-0.39, 0.29) is 0 Å². The lowest BCUT2D eigenvalue weighted by Crippen LogP contribution is -2.10. The molecule has 0 saturated heterocycles. The van der Waals surface area contributed by atoms with Crippen molar-refractivity contribution in [3.05, 3.63) is 60.4 Å². The maximum absolute atomic E-state index is 4.13. The molecule has 0 bridgehead atoms. The highest BCUT2D eigenvalue weighted by molar-refractivity contribution is 5.56. The number of rotatable bonds is 4. The van der Waals surface area contributed by atoms with Crippen LogP contribution in [0.25, 0.3) is 0 Å². The molecule has 0 aromatic rings. The molecule has 17 heavy (non-hydrogen) atoms. The summed E-state index contributed by atoms with van der Waals surface area (Å²) in [6.07, 6.45) is 16.7. The normalized spacial score (nSPS) is 25.0. The standard InChI is InChI=1S/C16H21N/c1-5-15(12-11-14(4)17-6-2)16-10-8-7-9-13(16)3/h5-13,16H,4H2,1-3H3/b12-11-,15-5+,17-6?. The molecule has 0 N–H and O–H groups in total. The van der Waals surface area contributed by atoms with Crippen molar-refractivity contribution in [2.75, 3.05) is 0 Å². The van der Waals surface area contributed by atoms with Gasteiger partial charge in [-0.3, -0.25) is 4.99 Å². The molecule has 0 fully saturated rings. The van der Waals surface area contributed by atoms with Gasteiger partial charge < -0.3 is 0 Å². The van der Waals surface area contributed by atoms with E-state index in [2.05, 4.69) is 61.9 Å². The van der Waals surface area contributed by atoms with Gasteiger partial charge in [0.1, 0.15) is 0 Å². The molecule has 0 aliphatic heterocycles. The maximum Gasteiger partial charge on any atom is 0.0553 e. The van der Waals surface area contributed by atoms with Crippen LogP contribution >= 0.6 is 0 Å². The first-order chi connectivity index (χ1) is 8.19. The Hall–Kier alpha value is -1.63. The van der Waals surface area contributed by atoms with Crippen LogP contribution in [-0.2, 0) is 0 Å². The Kier molecular flexibility index (Phi) is 5.41. The van der Waals surface area contributed by atoms with Crippen molar-refractivity contribution in [3.63, 3.8) is 0 Å². The second-order valence-electron chi connectivity index (χ2n) is 4.16. The molecule has 1 aliphatic carbocycles. The van der Waals surface area contributed by atoms with Crippen LogP contribution in [0.4, 0.5) is 0 Å². The Balaban J connectivity index is 2.77. The Bertz CT molecular complexity index is 405. The van der Waals surface area contributed by atoms with E-state index in [4.69, 9.17) is 0 Å². The highest BCUT2D eigenvalue weighted by Crippen LogP contribution is 2.27. The van der Waals surface area contributed by atoms with E-state index in [1.807, 2.05) is 13.0 Å². The molecule has 1 rings (SSSR count). The van der Waals surface area contributed by atoms with Gasteiger partial charge in [-0.05, 0) is 31.4 Å². The molecule has 1 aliphatic rings. The zero-order chi connectivity index (χ0) is 12.7. The Morgan fingerprint density at radius 1 is 1.18 bits per heavy atom. The number of hydrogen-bond donors (Lipinski definition) is 0. The fourth-order valence-electron chi connectivity index (χ4n) is 1.93. The molecule has 0 saturated carbocycles. The van der Waals surface area contributed by atoms with Gasteiger partial charge >= 0.3 is 0 Å². The molecule has 1 heteroatoms. The fraction of sp³-hybridized carbons (Fsp3) is 0.312. The zero-order valence-electron chi connectivity index (χ0n) is 10.9. The summed E-state index contributed by atoms with van der Waals surface area (Å²) < 4.78 is 0. The Morgan fingerprint density at radius 2 is 1.88 bits per heavy atom. The second-order valence-corrected chi connectivity index (χ2v) is 4.16. The monoisotopic (exact) mass is 227 g/mol. The fourth-order valence-corrected chi connectivity index (χ4v) is 1.93. The number of aliphatic imine (C=N–C) groups is 1. The molecular formula is C16H21N. The Labute approximate surface area is 105 Å². The smallest absolute Gasteiger partial charge is 0.0553 e. The van der Waals surface area contributed by atoms with Crippen LogP contribution in [0.15, 0.2) is 65.4 Å². The molecular weight excluding hydrogens is 206 g/mol. The lowest BCUT2D eigenvalue weighted by atomic mass is 9.83. The highest BCUT2D eigenvalue weighted by atomic mass is 14.7. The molecule has 0 spiro atoms. The quantitative estimate of drug-likeness (QED) is 0.496. The summed E-state index contributed by atoms with van der Waals surface area (Å²) in [5.41, 5.74) is 2.10. The van der Waals surface area contributed by atoms with Gasteiger partial charge in [0.15, 0.2) is 0 Å². The molecule has 1 nitrogen and oxygen atoms in total. The van der Waals surface area contributed by atoms with E-state index < -0.39 is 0 Å². The van der Waals surface area contributed by atoms with Gasteiger partial charge in [-0.15, -0.1) is 0 Å². The summed E-state index contributed by atoms with van der Waals surface area (Å²) in [6.45, 7) is 10.1. The molecule has 2 unspecified atom stereocenters. The first kappa shape index (κ1) is 13.4. The molecule has 0 radical (unpaired) electrons. The molecule has 0 amide bonds. The van der Waals surface area contributed by atoms with Crippen molar-refractivity contribution in [3.8, 4) is 0 Å². The van der Waals surface area contributed by atoms with Crippen LogP contribution in [0.1, 0.15) is 20.8 Å². The van der Waals surface area contributed by atoms with Gasteiger partial charge in [0.2, 0.25) is 0 Å². The van der Waals surface area contributed by atoms with Gasteiger partial charge in [0.05, 0.1) is 5.70 Å². The molecule has 2 atom stereocenters. The summed E-state index contributed by atoms with van der Waals surface area (Å²) in [5, 5.41) is 0. The topological polar surface area (TPSA) is 12.4 Å². The summed E-state index contributed by atoms with van der Waals surface area (Å²) >= 11 is 0. The largest absolute Gasteiger partial charge is 0.262 e. The molecule has 0 aromatic carbocycles. The minimum absolute atomic E-state index is 0.458. The third-order valence-corrected chi connectivity index (χ3v) is 2.89. The van der Waals surface area contributed by atoms with Crippen LogP contribution in [0, 0.1) is 11.8 Å². The first-order valence-corrected chi connectivity index (χ1v) is 6.06. The summed E-state index contributed by atoms with van der Waals surface area (Å²) in [4.78, 5) is 4.13. The van der Waals surface area contributed by atoms with Gasteiger partial charge in [0, 0.05) is 12.1 Å². The van der Waals surface area contributed by atoms with Gasteiger partial charge in [0.25, 0.3) is 0 Å². The van der Waals surface area contributed by atoms with Gasteiger partial charge in [-0.25, -0.2) is 0 Å². The molecule has 0 heterocycles. The minimum Gasteiger partial charge on any atom is -0.262 e. The van der Waals surface area contributed by atoms with Crippen molar-refractivity contribution in [1.29, 1.82) is 0 Å². The Morgan fingerprint density at radius 3 is 2.47 bits per heavy atom. The zero-order valence-corrected chi connectivity index (χ0v) is 10.9. The number of hydrogen-bond acceptors (Lipinski definition) is 1. The van der Waals surface area contributed by atoms with Crippen molar-refractivity contribution in [2.24, 2.45) is 16.8 Å². The summed E-state index contributed by atoms with van der Waals surface area (Å²) in [7, 11) is 0. The van der Waals surface area contributed by atoms with Crippen molar-refractivity contribution < 1.29 is 0 Å².